The van der Waals surface area contributed by atoms with Crippen molar-refractivity contribution in [1.82, 2.24) is 10.2 Å². The Morgan fingerprint density at radius 2 is 2.00 bits per heavy atom. The fourth-order valence-electron chi connectivity index (χ4n) is 1.98. The van der Waals surface area contributed by atoms with Gasteiger partial charge < -0.3 is 20.4 Å². The maximum Gasteiger partial charge on any atom is 0.326 e. The molecule has 1 saturated heterocycles. The van der Waals surface area contributed by atoms with Gasteiger partial charge in [-0.25, -0.2) is 9.59 Å². The molecule has 0 aromatic rings. The van der Waals surface area contributed by atoms with Crippen molar-refractivity contribution in [2.24, 2.45) is 0 Å². The lowest BCUT2D eigenvalue weighted by molar-refractivity contribution is -0.140. The van der Waals surface area contributed by atoms with Gasteiger partial charge in [0.1, 0.15) is 6.04 Å². The number of carbonyl (C=O) groups excluding carboxylic acids is 1. The number of carboxylic acids is 2. The van der Waals surface area contributed by atoms with E-state index in [0.29, 0.717) is 6.54 Å². The number of thioether (sulfide) groups is 1. The number of aliphatic carboxylic acids is 2. The number of carbonyl (C=O) groups is 3. The Labute approximate surface area is 121 Å². The Hall–Kier alpha value is -1.44. The van der Waals surface area contributed by atoms with E-state index in [1.807, 2.05) is 13.8 Å². The van der Waals surface area contributed by atoms with Gasteiger partial charge in [0.25, 0.3) is 0 Å². The fourth-order valence-corrected chi connectivity index (χ4v) is 3.08. The molecule has 0 spiro atoms. The maximum atomic E-state index is 12.1. The molecule has 1 heterocycles. The summed E-state index contributed by atoms with van der Waals surface area (Å²) in [6.07, 6.45) is -0.415. The van der Waals surface area contributed by atoms with Gasteiger partial charge in [-0.15, -0.1) is 0 Å². The number of hydrogen-bond acceptors (Lipinski definition) is 4. The highest BCUT2D eigenvalue weighted by Gasteiger charge is 2.31. The van der Waals surface area contributed by atoms with Crippen LogP contribution in [0, 0.1) is 0 Å². The van der Waals surface area contributed by atoms with Gasteiger partial charge in [0, 0.05) is 30.0 Å². The first-order chi connectivity index (χ1) is 9.32. The minimum Gasteiger partial charge on any atom is -0.481 e. The molecular formula is C12H20N2O5S. The molecule has 1 aliphatic rings. The summed E-state index contributed by atoms with van der Waals surface area (Å²) in [5, 5.41) is 20.3. The average Bonchev–Trinajstić information content (AvgIpc) is 2.36. The van der Waals surface area contributed by atoms with Gasteiger partial charge in [0.2, 0.25) is 0 Å². The minimum absolute atomic E-state index is 0.0164. The predicted molar refractivity (Wildman–Crippen MR) is 74.9 cm³/mol. The van der Waals surface area contributed by atoms with Crippen LogP contribution < -0.4 is 5.32 Å². The molecule has 0 bridgehead atoms. The topological polar surface area (TPSA) is 107 Å². The molecule has 20 heavy (non-hydrogen) atoms. The highest BCUT2D eigenvalue weighted by atomic mass is 32.2. The van der Waals surface area contributed by atoms with Crippen LogP contribution in [0.1, 0.15) is 26.7 Å². The van der Waals surface area contributed by atoms with Crippen molar-refractivity contribution in [2.75, 3.05) is 12.3 Å². The SMILES string of the molecule is CC1SCCN(C(=O)N[C@@H](CCC(=O)O)C(=O)O)C1C. The molecule has 0 aliphatic carbocycles. The van der Waals surface area contributed by atoms with Crippen LogP contribution in [0.3, 0.4) is 0 Å². The predicted octanol–water partition coefficient (Wildman–Crippen LogP) is 0.840. The zero-order valence-electron chi connectivity index (χ0n) is 11.5. The number of amides is 2. The molecule has 8 heteroatoms. The molecule has 0 radical (unpaired) electrons. The van der Waals surface area contributed by atoms with E-state index in [1.54, 1.807) is 16.7 Å². The highest BCUT2D eigenvalue weighted by molar-refractivity contribution is 8.00. The van der Waals surface area contributed by atoms with Crippen LogP contribution in [0.15, 0.2) is 0 Å². The fraction of sp³-hybridized carbons (Fsp3) is 0.750. The third-order valence-electron chi connectivity index (χ3n) is 3.39. The Balaban J connectivity index is 2.60. The van der Waals surface area contributed by atoms with E-state index in [0.717, 1.165) is 5.75 Å². The van der Waals surface area contributed by atoms with E-state index in [9.17, 15) is 14.4 Å². The number of hydrogen-bond donors (Lipinski definition) is 3. The molecule has 7 nitrogen and oxygen atoms in total. The molecule has 1 rings (SSSR count). The molecule has 1 aliphatic heterocycles. The van der Waals surface area contributed by atoms with Gasteiger partial charge in [-0.2, -0.15) is 11.8 Å². The molecule has 0 aromatic heterocycles. The molecule has 3 N–H and O–H groups in total. The maximum absolute atomic E-state index is 12.1. The molecule has 0 saturated carbocycles. The van der Waals surface area contributed by atoms with Crippen molar-refractivity contribution in [3.8, 4) is 0 Å². The first-order valence-electron chi connectivity index (χ1n) is 6.46. The standard InChI is InChI=1S/C12H20N2O5S/c1-7-8(2)20-6-5-14(7)12(19)13-9(11(17)18)3-4-10(15)16/h7-9H,3-6H2,1-2H3,(H,13,19)(H,15,16)(H,17,18)/t7?,8?,9-/m0/s1. The lowest BCUT2D eigenvalue weighted by Crippen LogP contribution is -2.55. The first kappa shape index (κ1) is 16.6. The van der Waals surface area contributed by atoms with Crippen LogP contribution in [0.2, 0.25) is 0 Å². The van der Waals surface area contributed by atoms with Crippen molar-refractivity contribution in [1.29, 1.82) is 0 Å². The van der Waals surface area contributed by atoms with E-state index >= 15 is 0 Å². The summed E-state index contributed by atoms with van der Waals surface area (Å²) in [7, 11) is 0. The first-order valence-corrected chi connectivity index (χ1v) is 7.51. The van der Waals surface area contributed by atoms with Gasteiger partial charge in [0.15, 0.2) is 0 Å². The van der Waals surface area contributed by atoms with Crippen LogP contribution in [0.4, 0.5) is 4.79 Å². The number of urea groups is 1. The van der Waals surface area contributed by atoms with Crippen molar-refractivity contribution < 1.29 is 24.6 Å². The highest BCUT2D eigenvalue weighted by Crippen LogP contribution is 2.24. The zero-order chi connectivity index (χ0) is 15.3. The number of rotatable bonds is 5. The lowest BCUT2D eigenvalue weighted by Gasteiger charge is -2.37. The van der Waals surface area contributed by atoms with Crippen molar-refractivity contribution >= 4 is 29.7 Å². The van der Waals surface area contributed by atoms with Crippen molar-refractivity contribution in [2.45, 2.75) is 44.0 Å². The summed E-state index contributed by atoms with van der Waals surface area (Å²) in [5.74, 6) is -1.49. The molecular weight excluding hydrogens is 284 g/mol. The lowest BCUT2D eigenvalue weighted by atomic mass is 10.1. The molecule has 2 amide bonds. The average molecular weight is 304 g/mol. The molecule has 0 aromatic carbocycles. The van der Waals surface area contributed by atoms with Gasteiger partial charge in [0.05, 0.1) is 0 Å². The Kier molecular flexibility index (Phi) is 6.12. The number of nitrogens with zero attached hydrogens (tertiary/aromatic N) is 1. The second-order valence-electron chi connectivity index (χ2n) is 4.78. The summed E-state index contributed by atoms with van der Waals surface area (Å²) in [4.78, 5) is 35.3. The normalized spacial score (nSPS) is 24.0. The second-order valence-corrected chi connectivity index (χ2v) is 6.27. The summed E-state index contributed by atoms with van der Waals surface area (Å²) in [6.45, 7) is 4.50. The molecule has 114 valence electrons. The third kappa shape index (κ3) is 4.59. The molecule has 3 atom stereocenters. The van der Waals surface area contributed by atoms with Gasteiger partial charge in [-0.05, 0) is 13.3 Å². The third-order valence-corrected chi connectivity index (χ3v) is 4.73. The molecule has 1 fully saturated rings. The summed E-state index contributed by atoms with van der Waals surface area (Å²) in [5.41, 5.74) is 0. The molecule has 2 unspecified atom stereocenters. The van der Waals surface area contributed by atoms with E-state index < -0.39 is 24.0 Å². The summed E-state index contributed by atoms with van der Waals surface area (Å²) in [6, 6.07) is -1.60. The Morgan fingerprint density at radius 3 is 2.55 bits per heavy atom. The largest absolute Gasteiger partial charge is 0.481 e. The second kappa shape index (κ2) is 7.37. The van der Waals surface area contributed by atoms with Crippen molar-refractivity contribution in [3.63, 3.8) is 0 Å². The Morgan fingerprint density at radius 1 is 1.35 bits per heavy atom. The van der Waals surface area contributed by atoms with Gasteiger partial charge >= 0.3 is 18.0 Å². The monoisotopic (exact) mass is 304 g/mol. The van der Waals surface area contributed by atoms with Crippen LogP contribution in [-0.2, 0) is 9.59 Å². The van der Waals surface area contributed by atoms with E-state index in [2.05, 4.69) is 5.32 Å². The smallest absolute Gasteiger partial charge is 0.326 e. The van der Waals surface area contributed by atoms with Gasteiger partial charge in [-0.3, -0.25) is 4.79 Å². The van der Waals surface area contributed by atoms with E-state index in [-0.39, 0.29) is 24.1 Å². The minimum atomic E-state index is -1.22. The summed E-state index contributed by atoms with van der Waals surface area (Å²) < 4.78 is 0. The van der Waals surface area contributed by atoms with Crippen LogP contribution >= 0.6 is 11.8 Å². The van der Waals surface area contributed by atoms with Crippen LogP contribution in [-0.4, -0.2) is 62.7 Å². The summed E-state index contributed by atoms with van der Waals surface area (Å²) >= 11 is 1.77. The number of carboxylic acid groups (broad SMARTS) is 2. The van der Waals surface area contributed by atoms with E-state index in [1.165, 1.54) is 0 Å². The Bertz CT molecular complexity index is 390. The number of nitrogens with one attached hydrogen (secondary N) is 1. The van der Waals surface area contributed by atoms with Gasteiger partial charge in [-0.1, -0.05) is 6.92 Å². The van der Waals surface area contributed by atoms with Crippen molar-refractivity contribution in [3.05, 3.63) is 0 Å². The van der Waals surface area contributed by atoms with E-state index in [4.69, 9.17) is 10.2 Å². The zero-order valence-corrected chi connectivity index (χ0v) is 12.4. The van der Waals surface area contributed by atoms with Crippen LogP contribution in [0.5, 0.6) is 0 Å². The quantitative estimate of drug-likeness (QED) is 0.695. The van der Waals surface area contributed by atoms with Crippen LogP contribution in [0.25, 0.3) is 0 Å².